The molecule has 3 rings (SSSR count). The molecule has 0 spiro atoms. The number of benzene rings is 1. The Balaban J connectivity index is 1.67. The van der Waals surface area contributed by atoms with Gasteiger partial charge in [-0.25, -0.2) is 8.42 Å². The standard InChI is InChI=1S/C17H19F3O4S/c18-17(19,20)10-24-13-6-4-11(5-7-13)16(21)12-8-14-2-1-3-15(9-12)25(14,22)23/h4-7,12,14-15H,1-3,8-10H2. The van der Waals surface area contributed by atoms with Gasteiger partial charge in [0.2, 0.25) is 0 Å². The molecule has 2 atom stereocenters. The summed E-state index contributed by atoms with van der Waals surface area (Å²) in [5.74, 6) is -0.452. The van der Waals surface area contributed by atoms with E-state index in [-0.39, 0.29) is 17.5 Å². The van der Waals surface area contributed by atoms with Gasteiger partial charge in [0.15, 0.2) is 22.2 Å². The topological polar surface area (TPSA) is 60.4 Å². The van der Waals surface area contributed by atoms with Gasteiger partial charge in [-0.3, -0.25) is 4.79 Å². The molecule has 2 bridgehead atoms. The number of fused-ring (bicyclic) bond motifs is 2. The lowest BCUT2D eigenvalue weighted by Crippen LogP contribution is -2.45. The molecule has 0 aromatic heterocycles. The van der Waals surface area contributed by atoms with Crippen LogP contribution in [0, 0.1) is 5.92 Å². The van der Waals surface area contributed by atoms with Crippen LogP contribution in [0.4, 0.5) is 13.2 Å². The number of ketones is 1. The predicted molar refractivity (Wildman–Crippen MR) is 85.4 cm³/mol. The molecule has 2 saturated heterocycles. The van der Waals surface area contributed by atoms with E-state index in [4.69, 9.17) is 0 Å². The molecule has 1 aromatic rings. The molecule has 1 aromatic carbocycles. The molecular weight excluding hydrogens is 357 g/mol. The maximum absolute atomic E-state index is 12.7. The summed E-state index contributed by atoms with van der Waals surface area (Å²) in [6.45, 7) is -1.38. The Labute approximate surface area is 144 Å². The van der Waals surface area contributed by atoms with Crippen molar-refractivity contribution >= 4 is 15.6 Å². The van der Waals surface area contributed by atoms with E-state index in [1.54, 1.807) is 0 Å². The van der Waals surface area contributed by atoms with Crippen LogP contribution in [0.3, 0.4) is 0 Å². The van der Waals surface area contributed by atoms with Gasteiger partial charge in [0.05, 0.1) is 10.5 Å². The van der Waals surface area contributed by atoms with Gasteiger partial charge < -0.3 is 4.74 Å². The van der Waals surface area contributed by atoms with E-state index < -0.39 is 33.1 Å². The fourth-order valence-corrected chi connectivity index (χ4v) is 6.27. The van der Waals surface area contributed by atoms with E-state index in [0.29, 0.717) is 31.2 Å². The Kier molecular flexibility index (Phi) is 4.83. The summed E-state index contributed by atoms with van der Waals surface area (Å²) in [6, 6.07) is 5.54. The van der Waals surface area contributed by atoms with Gasteiger partial charge in [0.1, 0.15) is 5.75 Å². The molecule has 138 valence electrons. The normalized spacial score (nSPS) is 28.4. The van der Waals surface area contributed by atoms with Gasteiger partial charge in [0, 0.05) is 11.5 Å². The molecule has 2 aliphatic heterocycles. The van der Waals surface area contributed by atoms with E-state index >= 15 is 0 Å². The van der Waals surface area contributed by atoms with Gasteiger partial charge in [-0.05, 0) is 49.9 Å². The van der Waals surface area contributed by atoms with E-state index in [1.807, 2.05) is 0 Å². The summed E-state index contributed by atoms with van der Waals surface area (Å²) in [4.78, 5) is 12.7. The number of Topliss-reactive ketones (excluding diaryl/α,β-unsaturated/α-hetero) is 1. The average Bonchev–Trinajstić information content (AvgIpc) is 2.51. The summed E-state index contributed by atoms with van der Waals surface area (Å²) in [6.07, 6.45) is -1.66. The zero-order valence-electron chi connectivity index (χ0n) is 13.5. The minimum absolute atomic E-state index is 0.0389. The molecule has 0 radical (unpaired) electrons. The zero-order chi connectivity index (χ0) is 18.2. The Morgan fingerprint density at radius 2 is 1.64 bits per heavy atom. The van der Waals surface area contributed by atoms with Crippen molar-refractivity contribution < 1.29 is 31.1 Å². The number of alkyl halides is 3. The number of carbonyl (C=O) groups excluding carboxylic acids is 1. The van der Waals surface area contributed by atoms with Crippen LogP contribution < -0.4 is 4.74 Å². The lowest BCUT2D eigenvalue weighted by Gasteiger charge is -2.38. The number of hydrogen-bond donors (Lipinski definition) is 0. The highest BCUT2D eigenvalue weighted by molar-refractivity contribution is 7.92. The number of ether oxygens (including phenoxy) is 1. The highest BCUT2D eigenvalue weighted by atomic mass is 32.2. The second kappa shape index (κ2) is 6.63. The third-order valence-electron chi connectivity index (χ3n) is 4.99. The van der Waals surface area contributed by atoms with Crippen LogP contribution in [0.25, 0.3) is 0 Å². The number of rotatable bonds is 4. The second-order valence-corrected chi connectivity index (χ2v) is 9.24. The first-order valence-corrected chi connectivity index (χ1v) is 9.84. The molecule has 25 heavy (non-hydrogen) atoms. The highest BCUT2D eigenvalue weighted by Crippen LogP contribution is 2.40. The molecule has 4 nitrogen and oxygen atoms in total. The number of halogens is 3. The lowest BCUT2D eigenvalue weighted by molar-refractivity contribution is -0.153. The molecular formula is C17H19F3O4S. The van der Waals surface area contributed by atoms with Gasteiger partial charge in [-0.15, -0.1) is 0 Å². The fourth-order valence-electron chi connectivity index (χ4n) is 3.74. The Morgan fingerprint density at radius 1 is 1.08 bits per heavy atom. The van der Waals surface area contributed by atoms with Crippen LogP contribution in [-0.4, -0.2) is 37.5 Å². The first-order chi connectivity index (χ1) is 11.7. The van der Waals surface area contributed by atoms with Crippen molar-refractivity contribution in [2.75, 3.05) is 6.61 Å². The zero-order valence-corrected chi connectivity index (χ0v) is 14.3. The Hall–Kier alpha value is -1.57. The van der Waals surface area contributed by atoms with Crippen LogP contribution in [-0.2, 0) is 9.84 Å². The molecule has 2 fully saturated rings. The predicted octanol–water partition coefficient (Wildman–Crippen LogP) is 3.56. The van der Waals surface area contributed by atoms with Gasteiger partial charge in [-0.1, -0.05) is 6.42 Å². The smallest absolute Gasteiger partial charge is 0.422 e. The van der Waals surface area contributed by atoms with Crippen LogP contribution in [0.15, 0.2) is 24.3 Å². The van der Waals surface area contributed by atoms with E-state index in [9.17, 15) is 26.4 Å². The summed E-state index contributed by atoms with van der Waals surface area (Å²) in [7, 11) is -3.12. The van der Waals surface area contributed by atoms with Crippen molar-refractivity contribution in [3.63, 3.8) is 0 Å². The molecule has 0 saturated carbocycles. The lowest BCUT2D eigenvalue weighted by atomic mass is 9.84. The van der Waals surface area contributed by atoms with Gasteiger partial charge in [0.25, 0.3) is 0 Å². The van der Waals surface area contributed by atoms with Crippen molar-refractivity contribution in [3.8, 4) is 5.75 Å². The van der Waals surface area contributed by atoms with Gasteiger partial charge in [-0.2, -0.15) is 13.2 Å². The number of carbonyl (C=O) groups is 1. The van der Waals surface area contributed by atoms with Crippen LogP contribution in [0.5, 0.6) is 5.75 Å². The van der Waals surface area contributed by atoms with Crippen LogP contribution in [0.1, 0.15) is 42.5 Å². The Morgan fingerprint density at radius 3 is 2.16 bits per heavy atom. The average molecular weight is 376 g/mol. The third-order valence-corrected chi connectivity index (χ3v) is 7.70. The largest absolute Gasteiger partial charge is 0.484 e. The van der Waals surface area contributed by atoms with Crippen molar-refractivity contribution in [1.29, 1.82) is 0 Å². The first-order valence-electron chi connectivity index (χ1n) is 8.23. The summed E-state index contributed by atoms with van der Waals surface area (Å²) < 4.78 is 65.6. The SMILES string of the molecule is O=C(c1ccc(OCC(F)(F)F)cc1)C1CC2CCCC(C1)S2(=O)=O. The first kappa shape index (κ1) is 18.2. The molecule has 2 aliphatic rings. The summed E-state index contributed by atoms with van der Waals surface area (Å²) in [5.41, 5.74) is 0.377. The van der Waals surface area contributed by atoms with Gasteiger partial charge >= 0.3 is 6.18 Å². The highest BCUT2D eigenvalue weighted by Gasteiger charge is 2.46. The molecule has 2 unspecified atom stereocenters. The quantitative estimate of drug-likeness (QED) is 0.754. The van der Waals surface area contributed by atoms with Crippen molar-refractivity contribution in [3.05, 3.63) is 29.8 Å². The Bertz CT molecular complexity index is 720. The third kappa shape index (κ3) is 3.99. The van der Waals surface area contributed by atoms with Crippen molar-refractivity contribution in [1.82, 2.24) is 0 Å². The number of sulfone groups is 1. The molecule has 0 amide bonds. The molecule has 2 heterocycles. The van der Waals surface area contributed by atoms with Crippen molar-refractivity contribution in [2.45, 2.75) is 48.8 Å². The monoisotopic (exact) mass is 376 g/mol. The van der Waals surface area contributed by atoms with E-state index in [1.165, 1.54) is 24.3 Å². The fraction of sp³-hybridized carbons (Fsp3) is 0.588. The van der Waals surface area contributed by atoms with Crippen LogP contribution in [0.2, 0.25) is 0 Å². The molecule has 0 N–H and O–H groups in total. The minimum Gasteiger partial charge on any atom is -0.484 e. The summed E-state index contributed by atoms with van der Waals surface area (Å²) in [5, 5.41) is -0.883. The maximum Gasteiger partial charge on any atom is 0.422 e. The van der Waals surface area contributed by atoms with E-state index in [0.717, 1.165) is 6.42 Å². The van der Waals surface area contributed by atoms with Crippen LogP contribution >= 0.6 is 0 Å². The number of hydrogen-bond acceptors (Lipinski definition) is 4. The van der Waals surface area contributed by atoms with Crippen molar-refractivity contribution in [2.24, 2.45) is 5.92 Å². The van der Waals surface area contributed by atoms with E-state index in [2.05, 4.69) is 4.74 Å². The summed E-state index contributed by atoms with van der Waals surface area (Å²) >= 11 is 0. The molecule has 8 heteroatoms. The minimum atomic E-state index is -4.42. The maximum atomic E-state index is 12.7. The second-order valence-electron chi connectivity index (χ2n) is 6.72. The molecule has 0 aliphatic carbocycles.